The molecule has 0 aromatic heterocycles. The Bertz CT molecular complexity index is 655. The normalized spacial score (nSPS) is 10.6. The predicted octanol–water partition coefficient (Wildman–Crippen LogP) is 4.76. The summed E-state index contributed by atoms with van der Waals surface area (Å²) in [6, 6.07) is 14.9. The van der Waals surface area contributed by atoms with Crippen molar-refractivity contribution in [3.05, 3.63) is 70.5 Å². The zero-order valence-electron chi connectivity index (χ0n) is 13.1. The quantitative estimate of drug-likeness (QED) is 0.633. The highest BCUT2D eigenvalue weighted by Crippen LogP contribution is 2.19. The molecule has 2 aromatic rings. The van der Waals surface area contributed by atoms with Crippen molar-refractivity contribution in [2.24, 2.45) is 0 Å². The van der Waals surface area contributed by atoms with Crippen LogP contribution in [-0.2, 0) is 16.3 Å². The van der Waals surface area contributed by atoms with Gasteiger partial charge in [-0.05, 0) is 23.3 Å². The van der Waals surface area contributed by atoms with Gasteiger partial charge in [-0.3, -0.25) is 4.79 Å². The summed E-state index contributed by atoms with van der Waals surface area (Å²) < 4.78 is 13.6. The summed E-state index contributed by atoms with van der Waals surface area (Å²) in [6.07, 6.45) is 0. The van der Waals surface area contributed by atoms with Crippen LogP contribution < -0.4 is 5.32 Å². The molecule has 6 heteroatoms. The lowest BCUT2D eigenvalue weighted by Gasteiger charge is -2.06. The summed E-state index contributed by atoms with van der Waals surface area (Å²) >= 11 is 8.89. The standard InChI is InChI=1S/C18H19ClFNOS2/c19-16-7-6-15(17(20)10-16)12-24-13-18(22)21-8-9-23-11-14-4-2-1-3-5-14/h1-7,10H,8-9,11-13H2,(H,21,22). The van der Waals surface area contributed by atoms with E-state index in [-0.39, 0.29) is 11.7 Å². The van der Waals surface area contributed by atoms with Gasteiger partial charge in [0.1, 0.15) is 5.82 Å². The number of amides is 1. The van der Waals surface area contributed by atoms with Crippen LogP contribution in [0.15, 0.2) is 48.5 Å². The second kappa shape index (κ2) is 10.6. The highest BCUT2D eigenvalue weighted by atomic mass is 35.5. The van der Waals surface area contributed by atoms with E-state index in [2.05, 4.69) is 17.4 Å². The number of nitrogens with one attached hydrogen (secondary N) is 1. The van der Waals surface area contributed by atoms with Gasteiger partial charge in [0.25, 0.3) is 0 Å². The van der Waals surface area contributed by atoms with Crippen LogP contribution in [0, 0.1) is 5.82 Å². The minimum Gasteiger partial charge on any atom is -0.355 e. The Kier molecular flexibility index (Phi) is 8.50. The van der Waals surface area contributed by atoms with E-state index < -0.39 is 0 Å². The number of thioether (sulfide) groups is 2. The van der Waals surface area contributed by atoms with Gasteiger partial charge < -0.3 is 5.32 Å². The zero-order valence-corrected chi connectivity index (χ0v) is 15.5. The van der Waals surface area contributed by atoms with Gasteiger partial charge in [0.2, 0.25) is 5.91 Å². The first-order valence-corrected chi connectivity index (χ1v) is 10.2. The first-order chi connectivity index (χ1) is 11.6. The molecule has 0 aliphatic rings. The molecule has 0 aliphatic heterocycles. The highest BCUT2D eigenvalue weighted by Gasteiger charge is 2.05. The average Bonchev–Trinajstić information content (AvgIpc) is 2.57. The molecule has 24 heavy (non-hydrogen) atoms. The van der Waals surface area contributed by atoms with Crippen molar-refractivity contribution in [1.29, 1.82) is 0 Å². The van der Waals surface area contributed by atoms with E-state index in [1.54, 1.807) is 23.9 Å². The molecule has 0 bridgehead atoms. The molecule has 0 saturated carbocycles. The lowest BCUT2D eigenvalue weighted by molar-refractivity contribution is -0.118. The van der Waals surface area contributed by atoms with Crippen LogP contribution in [0.25, 0.3) is 0 Å². The highest BCUT2D eigenvalue weighted by molar-refractivity contribution is 7.99. The van der Waals surface area contributed by atoms with E-state index in [0.717, 1.165) is 11.5 Å². The van der Waals surface area contributed by atoms with Gasteiger partial charge in [0.05, 0.1) is 5.75 Å². The molecule has 0 heterocycles. The Balaban J connectivity index is 1.55. The van der Waals surface area contributed by atoms with Gasteiger partial charge in [-0.2, -0.15) is 11.8 Å². The Morgan fingerprint density at radius 3 is 2.62 bits per heavy atom. The molecule has 0 spiro atoms. The maximum Gasteiger partial charge on any atom is 0.230 e. The van der Waals surface area contributed by atoms with Gasteiger partial charge in [0.15, 0.2) is 0 Å². The molecule has 0 atom stereocenters. The largest absolute Gasteiger partial charge is 0.355 e. The van der Waals surface area contributed by atoms with E-state index in [0.29, 0.717) is 28.6 Å². The number of hydrogen-bond donors (Lipinski definition) is 1. The number of rotatable bonds is 9. The molecule has 2 aromatic carbocycles. The maximum absolute atomic E-state index is 13.6. The van der Waals surface area contributed by atoms with Gasteiger partial charge >= 0.3 is 0 Å². The van der Waals surface area contributed by atoms with Crippen molar-refractivity contribution < 1.29 is 9.18 Å². The Morgan fingerprint density at radius 1 is 1.08 bits per heavy atom. The lowest BCUT2D eigenvalue weighted by Crippen LogP contribution is -2.27. The second-order valence-electron chi connectivity index (χ2n) is 5.12. The van der Waals surface area contributed by atoms with Crippen LogP contribution in [0.2, 0.25) is 5.02 Å². The van der Waals surface area contributed by atoms with E-state index in [4.69, 9.17) is 11.6 Å². The molecule has 0 unspecified atom stereocenters. The fourth-order valence-electron chi connectivity index (χ4n) is 1.97. The lowest BCUT2D eigenvalue weighted by atomic mass is 10.2. The average molecular weight is 384 g/mol. The van der Waals surface area contributed by atoms with Crippen molar-refractivity contribution >= 4 is 41.0 Å². The number of benzene rings is 2. The number of carbonyl (C=O) groups is 1. The maximum atomic E-state index is 13.6. The molecule has 1 N–H and O–H groups in total. The van der Waals surface area contributed by atoms with Gasteiger partial charge in [-0.25, -0.2) is 4.39 Å². The number of halogens is 2. The second-order valence-corrected chi connectivity index (χ2v) is 7.64. The van der Waals surface area contributed by atoms with E-state index in [1.165, 1.54) is 23.4 Å². The zero-order chi connectivity index (χ0) is 17.2. The van der Waals surface area contributed by atoms with Crippen molar-refractivity contribution in [1.82, 2.24) is 5.32 Å². The topological polar surface area (TPSA) is 29.1 Å². The molecular formula is C18H19ClFNOS2. The van der Waals surface area contributed by atoms with E-state index in [1.807, 2.05) is 18.2 Å². The van der Waals surface area contributed by atoms with Crippen LogP contribution in [0.4, 0.5) is 4.39 Å². The summed E-state index contributed by atoms with van der Waals surface area (Å²) in [5.74, 6) is 2.26. The smallest absolute Gasteiger partial charge is 0.230 e. The minimum atomic E-state index is -0.326. The first-order valence-electron chi connectivity index (χ1n) is 7.55. The summed E-state index contributed by atoms with van der Waals surface area (Å²) in [6.45, 7) is 0.645. The van der Waals surface area contributed by atoms with Gasteiger partial charge in [-0.1, -0.05) is 48.0 Å². The molecule has 2 nitrogen and oxygen atoms in total. The van der Waals surface area contributed by atoms with Crippen LogP contribution in [0.3, 0.4) is 0 Å². The Labute approximate surface area is 155 Å². The third-order valence-electron chi connectivity index (χ3n) is 3.19. The van der Waals surface area contributed by atoms with Gasteiger partial charge in [0, 0.05) is 28.8 Å². The number of hydrogen-bond acceptors (Lipinski definition) is 3. The first kappa shape index (κ1) is 19.2. The molecule has 2 rings (SSSR count). The van der Waals surface area contributed by atoms with Crippen molar-refractivity contribution in [2.75, 3.05) is 18.1 Å². The third kappa shape index (κ3) is 7.16. The van der Waals surface area contributed by atoms with Crippen molar-refractivity contribution in [3.8, 4) is 0 Å². The summed E-state index contributed by atoms with van der Waals surface area (Å²) in [5.41, 5.74) is 1.85. The van der Waals surface area contributed by atoms with Crippen LogP contribution in [-0.4, -0.2) is 24.0 Å². The van der Waals surface area contributed by atoms with Crippen LogP contribution >= 0.6 is 35.1 Å². The van der Waals surface area contributed by atoms with E-state index >= 15 is 0 Å². The molecular weight excluding hydrogens is 365 g/mol. The van der Waals surface area contributed by atoms with E-state index in [9.17, 15) is 9.18 Å². The van der Waals surface area contributed by atoms with Crippen LogP contribution in [0.1, 0.15) is 11.1 Å². The minimum absolute atomic E-state index is 0.0188. The Morgan fingerprint density at radius 2 is 1.88 bits per heavy atom. The molecule has 0 aliphatic carbocycles. The molecule has 128 valence electrons. The summed E-state index contributed by atoms with van der Waals surface area (Å²) in [5, 5.41) is 3.26. The fraction of sp³-hybridized carbons (Fsp3) is 0.278. The van der Waals surface area contributed by atoms with Crippen LogP contribution in [0.5, 0.6) is 0 Å². The SMILES string of the molecule is O=C(CSCc1ccc(Cl)cc1F)NCCSCc1ccccc1. The predicted molar refractivity (Wildman–Crippen MR) is 103 cm³/mol. The third-order valence-corrected chi connectivity index (χ3v) is 5.43. The summed E-state index contributed by atoms with van der Waals surface area (Å²) in [4.78, 5) is 11.7. The van der Waals surface area contributed by atoms with Crippen molar-refractivity contribution in [3.63, 3.8) is 0 Å². The van der Waals surface area contributed by atoms with Gasteiger partial charge in [-0.15, -0.1) is 11.8 Å². The number of carbonyl (C=O) groups excluding carboxylic acids is 1. The molecule has 1 amide bonds. The molecule has 0 saturated heterocycles. The Hall–Kier alpha value is -1.17. The fourth-order valence-corrected chi connectivity index (χ4v) is 3.79. The molecule has 0 fully saturated rings. The molecule has 0 radical (unpaired) electrons. The summed E-state index contributed by atoms with van der Waals surface area (Å²) in [7, 11) is 0. The van der Waals surface area contributed by atoms with Crippen molar-refractivity contribution in [2.45, 2.75) is 11.5 Å². The monoisotopic (exact) mass is 383 g/mol.